The molecule has 2 rings (SSSR count). The van der Waals surface area contributed by atoms with Crippen LogP contribution in [0.5, 0.6) is 0 Å². The molecule has 0 radical (unpaired) electrons. The molecule has 2 aromatic rings. The fourth-order valence-electron chi connectivity index (χ4n) is 1.70. The van der Waals surface area contributed by atoms with Crippen LogP contribution < -0.4 is 10.4 Å². The molecule has 1 aromatic carbocycles. The van der Waals surface area contributed by atoms with Gasteiger partial charge in [-0.2, -0.15) is 0 Å². The predicted molar refractivity (Wildman–Crippen MR) is 68.8 cm³/mol. The summed E-state index contributed by atoms with van der Waals surface area (Å²) in [4.78, 5) is 32.8. The highest BCUT2D eigenvalue weighted by Gasteiger charge is 2.10. The lowest BCUT2D eigenvalue weighted by Crippen LogP contribution is -2.33. The molecule has 0 atom stereocenters. The first-order chi connectivity index (χ1) is 9.13. The first-order valence-corrected chi connectivity index (χ1v) is 5.90. The molecule has 1 aromatic heterocycles. The zero-order valence-electron chi connectivity index (χ0n) is 10.8. The van der Waals surface area contributed by atoms with Crippen LogP contribution in [0.4, 0.5) is 0 Å². The van der Waals surface area contributed by atoms with Gasteiger partial charge < -0.3 is 9.57 Å². The molecule has 0 spiro atoms. The van der Waals surface area contributed by atoms with Gasteiger partial charge in [0.05, 0.1) is 17.5 Å². The Labute approximate surface area is 109 Å². The van der Waals surface area contributed by atoms with E-state index in [0.29, 0.717) is 16.7 Å². The van der Waals surface area contributed by atoms with Crippen LogP contribution in [-0.4, -0.2) is 28.9 Å². The van der Waals surface area contributed by atoms with Crippen LogP contribution in [-0.2, 0) is 9.53 Å². The van der Waals surface area contributed by atoms with Gasteiger partial charge in [-0.1, -0.05) is 12.1 Å². The topological polar surface area (TPSA) is 70.4 Å². The van der Waals surface area contributed by atoms with Crippen molar-refractivity contribution in [3.05, 3.63) is 40.4 Å². The molecule has 6 nitrogen and oxygen atoms in total. The molecular weight excluding hydrogens is 248 g/mol. The third-order valence-electron chi connectivity index (χ3n) is 2.51. The van der Waals surface area contributed by atoms with E-state index in [2.05, 4.69) is 4.98 Å². The maximum Gasteiger partial charge on any atom is 0.346 e. The van der Waals surface area contributed by atoms with Crippen molar-refractivity contribution in [3.63, 3.8) is 0 Å². The number of hydrogen-bond acceptors (Lipinski definition) is 5. The SMILES string of the molecule is CCOC(=O)COn1c(C)nc2ccccc2c1=O. The zero-order chi connectivity index (χ0) is 13.8. The highest BCUT2D eigenvalue weighted by Crippen LogP contribution is 2.06. The smallest absolute Gasteiger partial charge is 0.346 e. The van der Waals surface area contributed by atoms with Crippen LogP contribution in [0.25, 0.3) is 10.9 Å². The second-order valence-electron chi connectivity index (χ2n) is 3.85. The largest absolute Gasteiger partial charge is 0.463 e. The number of aryl methyl sites for hydroxylation is 1. The number of para-hydroxylation sites is 1. The molecule has 0 aliphatic carbocycles. The molecule has 0 aliphatic heterocycles. The Balaban J connectivity index is 2.33. The Hall–Kier alpha value is -2.37. The van der Waals surface area contributed by atoms with E-state index >= 15 is 0 Å². The second-order valence-corrected chi connectivity index (χ2v) is 3.85. The lowest BCUT2D eigenvalue weighted by Gasteiger charge is -2.11. The maximum absolute atomic E-state index is 12.2. The Kier molecular flexibility index (Phi) is 3.79. The van der Waals surface area contributed by atoms with Crippen LogP contribution in [0.15, 0.2) is 29.1 Å². The number of ether oxygens (including phenoxy) is 1. The summed E-state index contributed by atoms with van der Waals surface area (Å²) in [5.74, 6) is -0.144. The molecule has 0 bridgehead atoms. The van der Waals surface area contributed by atoms with Gasteiger partial charge in [-0.05, 0) is 26.0 Å². The van der Waals surface area contributed by atoms with Gasteiger partial charge in [0.2, 0.25) is 6.61 Å². The van der Waals surface area contributed by atoms with E-state index in [4.69, 9.17) is 9.57 Å². The van der Waals surface area contributed by atoms with Gasteiger partial charge in [-0.15, -0.1) is 4.73 Å². The van der Waals surface area contributed by atoms with Gasteiger partial charge in [0, 0.05) is 0 Å². The van der Waals surface area contributed by atoms with Gasteiger partial charge in [-0.3, -0.25) is 4.79 Å². The van der Waals surface area contributed by atoms with E-state index in [9.17, 15) is 9.59 Å². The quantitative estimate of drug-likeness (QED) is 0.758. The summed E-state index contributed by atoms with van der Waals surface area (Å²) in [6, 6.07) is 6.96. The van der Waals surface area contributed by atoms with E-state index in [-0.39, 0.29) is 18.8 Å². The Morgan fingerprint density at radius 3 is 2.84 bits per heavy atom. The van der Waals surface area contributed by atoms with E-state index < -0.39 is 5.97 Å². The average Bonchev–Trinajstić information content (AvgIpc) is 2.39. The molecule has 0 unspecified atom stereocenters. The molecule has 0 amide bonds. The number of hydrogen-bond donors (Lipinski definition) is 0. The van der Waals surface area contributed by atoms with Gasteiger partial charge in [0.15, 0.2) is 0 Å². The average molecular weight is 262 g/mol. The van der Waals surface area contributed by atoms with Crippen molar-refractivity contribution in [3.8, 4) is 0 Å². The predicted octanol–water partition coefficient (Wildman–Crippen LogP) is 0.697. The van der Waals surface area contributed by atoms with Crippen molar-refractivity contribution in [2.24, 2.45) is 0 Å². The number of rotatable bonds is 4. The van der Waals surface area contributed by atoms with Crippen molar-refractivity contribution in [2.45, 2.75) is 13.8 Å². The molecule has 0 saturated carbocycles. The van der Waals surface area contributed by atoms with Crippen molar-refractivity contribution >= 4 is 16.9 Å². The number of carbonyl (C=O) groups excluding carboxylic acids is 1. The van der Waals surface area contributed by atoms with E-state index in [1.807, 2.05) is 0 Å². The zero-order valence-corrected chi connectivity index (χ0v) is 10.8. The molecule has 1 heterocycles. The highest BCUT2D eigenvalue weighted by atomic mass is 16.7. The fourth-order valence-corrected chi connectivity index (χ4v) is 1.70. The number of fused-ring (bicyclic) bond motifs is 1. The fraction of sp³-hybridized carbons (Fsp3) is 0.308. The summed E-state index contributed by atoms with van der Waals surface area (Å²) >= 11 is 0. The summed E-state index contributed by atoms with van der Waals surface area (Å²) in [5.41, 5.74) is 0.258. The van der Waals surface area contributed by atoms with Crippen molar-refractivity contribution in [1.82, 2.24) is 9.71 Å². The van der Waals surface area contributed by atoms with Crippen LogP contribution >= 0.6 is 0 Å². The first kappa shape index (κ1) is 13.1. The van der Waals surface area contributed by atoms with Crippen LogP contribution in [0.3, 0.4) is 0 Å². The molecule has 0 N–H and O–H groups in total. The normalized spacial score (nSPS) is 10.4. The van der Waals surface area contributed by atoms with Crippen molar-refractivity contribution < 1.29 is 14.4 Å². The molecule has 19 heavy (non-hydrogen) atoms. The van der Waals surface area contributed by atoms with E-state index in [0.717, 1.165) is 4.73 Å². The van der Waals surface area contributed by atoms with E-state index in [1.165, 1.54) is 0 Å². The second kappa shape index (κ2) is 5.51. The monoisotopic (exact) mass is 262 g/mol. The van der Waals surface area contributed by atoms with Gasteiger partial charge in [0.1, 0.15) is 5.82 Å². The number of carbonyl (C=O) groups is 1. The standard InChI is InChI=1S/C13H14N2O4/c1-3-18-12(16)8-19-15-9(2)14-11-7-5-4-6-10(11)13(15)17/h4-7H,3,8H2,1-2H3. The lowest BCUT2D eigenvalue weighted by molar-refractivity contribution is -0.148. The minimum Gasteiger partial charge on any atom is -0.463 e. The Morgan fingerprint density at radius 2 is 2.11 bits per heavy atom. The minimum absolute atomic E-state index is 0.270. The third-order valence-corrected chi connectivity index (χ3v) is 2.51. The molecular formula is C13H14N2O4. The van der Waals surface area contributed by atoms with E-state index in [1.54, 1.807) is 38.1 Å². The molecule has 6 heteroatoms. The van der Waals surface area contributed by atoms with Crippen molar-refractivity contribution in [2.75, 3.05) is 13.2 Å². The van der Waals surface area contributed by atoms with Crippen LogP contribution in [0.1, 0.15) is 12.7 Å². The summed E-state index contributed by atoms with van der Waals surface area (Å²) in [7, 11) is 0. The first-order valence-electron chi connectivity index (χ1n) is 5.90. The number of nitrogens with zero attached hydrogens (tertiary/aromatic N) is 2. The van der Waals surface area contributed by atoms with Gasteiger partial charge >= 0.3 is 5.97 Å². The summed E-state index contributed by atoms with van der Waals surface area (Å²) < 4.78 is 5.74. The summed E-state index contributed by atoms with van der Waals surface area (Å²) in [6.45, 7) is 3.28. The maximum atomic E-state index is 12.2. The number of benzene rings is 1. The summed E-state index contributed by atoms with van der Waals surface area (Å²) in [5, 5.41) is 0.442. The lowest BCUT2D eigenvalue weighted by atomic mass is 10.2. The molecule has 100 valence electrons. The Morgan fingerprint density at radius 1 is 1.37 bits per heavy atom. The molecule has 0 aliphatic rings. The summed E-state index contributed by atoms with van der Waals surface area (Å²) in [6.07, 6.45) is 0. The third kappa shape index (κ3) is 2.73. The highest BCUT2D eigenvalue weighted by molar-refractivity contribution is 5.77. The van der Waals surface area contributed by atoms with Crippen LogP contribution in [0, 0.1) is 6.92 Å². The molecule has 0 saturated heterocycles. The van der Waals surface area contributed by atoms with Crippen molar-refractivity contribution in [1.29, 1.82) is 0 Å². The minimum atomic E-state index is -0.526. The number of esters is 1. The number of aromatic nitrogens is 2. The van der Waals surface area contributed by atoms with Gasteiger partial charge in [-0.25, -0.2) is 9.78 Å². The van der Waals surface area contributed by atoms with Gasteiger partial charge in [0.25, 0.3) is 5.56 Å². The van der Waals surface area contributed by atoms with Crippen LogP contribution in [0.2, 0.25) is 0 Å². The Bertz CT molecular complexity index is 663. The molecule has 0 fully saturated rings.